The first-order valence-electron chi connectivity index (χ1n) is 7.71. The van der Waals surface area contributed by atoms with Crippen LogP contribution in [0.2, 0.25) is 0 Å². The van der Waals surface area contributed by atoms with E-state index in [0.717, 1.165) is 18.7 Å². The predicted octanol–water partition coefficient (Wildman–Crippen LogP) is 3.50. The van der Waals surface area contributed by atoms with E-state index in [2.05, 4.69) is 62.8 Å². The Morgan fingerprint density at radius 2 is 1.90 bits per heavy atom. The summed E-state index contributed by atoms with van der Waals surface area (Å²) in [5.74, 6) is 0.614. The quantitative estimate of drug-likeness (QED) is 0.911. The Bertz CT molecular complexity index is 626. The maximum atomic E-state index is 4.79. The summed E-state index contributed by atoms with van der Waals surface area (Å²) in [6.45, 7) is 11.9. The number of benzene rings is 1. The molecule has 1 N–H and O–H groups in total. The van der Waals surface area contributed by atoms with Crippen LogP contribution in [0.5, 0.6) is 0 Å². The van der Waals surface area contributed by atoms with Gasteiger partial charge in [0.2, 0.25) is 0 Å². The molecule has 1 aromatic heterocycles. The van der Waals surface area contributed by atoms with E-state index in [-0.39, 0.29) is 0 Å². The summed E-state index contributed by atoms with van der Waals surface area (Å²) in [7, 11) is 2.01. The molecule has 1 unspecified atom stereocenters. The molecule has 0 bridgehead atoms. The van der Waals surface area contributed by atoms with Crippen LogP contribution in [0, 0.1) is 33.6 Å². The van der Waals surface area contributed by atoms with Crippen molar-refractivity contribution in [2.45, 2.75) is 41.0 Å². The molecule has 0 aliphatic carbocycles. The molecule has 0 aliphatic heterocycles. The molecule has 0 saturated heterocycles. The van der Waals surface area contributed by atoms with Crippen molar-refractivity contribution in [3.8, 4) is 5.69 Å². The Balaban J connectivity index is 2.41. The first-order valence-corrected chi connectivity index (χ1v) is 7.71. The molecular formula is C18H27N3. The van der Waals surface area contributed by atoms with E-state index >= 15 is 0 Å². The van der Waals surface area contributed by atoms with Crippen LogP contribution in [0.4, 0.5) is 0 Å². The summed E-state index contributed by atoms with van der Waals surface area (Å²) in [5, 5.41) is 8.05. The van der Waals surface area contributed by atoms with Crippen LogP contribution < -0.4 is 5.32 Å². The molecule has 0 spiro atoms. The maximum absolute atomic E-state index is 4.79. The molecule has 1 atom stereocenters. The molecule has 1 aromatic carbocycles. The van der Waals surface area contributed by atoms with Gasteiger partial charge in [-0.05, 0) is 76.4 Å². The van der Waals surface area contributed by atoms with Gasteiger partial charge in [-0.2, -0.15) is 5.10 Å². The average Bonchev–Trinajstić information content (AvgIpc) is 2.70. The van der Waals surface area contributed by atoms with Gasteiger partial charge in [0, 0.05) is 5.69 Å². The number of aryl methyl sites for hydroxylation is 3. The number of rotatable bonds is 5. The lowest BCUT2D eigenvalue weighted by atomic mass is 9.99. The van der Waals surface area contributed by atoms with Gasteiger partial charge < -0.3 is 5.32 Å². The third-order valence-corrected chi connectivity index (χ3v) is 4.14. The van der Waals surface area contributed by atoms with Crippen LogP contribution in [0.25, 0.3) is 5.69 Å². The van der Waals surface area contributed by atoms with Gasteiger partial charge in [0.25, 0.3) is 0 Å². The van der Waals surface area contributed by atoms with E-state index < -0.39 is 0 Å². The SMILES string of the molecule is CNCC(C)Cc1c(C)nn(-c2cc(C)ccc2C)c1C. The molecule has 1 heterocycles. The zero-order valence-corrected chi connectivity index (χ0v) is 14.1. The lowest BCUT2D eigenvalue weighted by Crippen LogP contribution is -2.18. The number of nitrogens with one attached hydrogen (secondary N) is 1. The fourth-order valence-corrected chi connectivity index (χ4v) is 2.92. The highest BCUT2D eigenvalue weighted by Gasteiger charge is 2.16. The van der Waals surface area contributed by atoms with Crippen LogP contribution in [0.3, 0.4) is 0 Å². The Morgan fingerprint density at radius 1 is 1.19 bits per heavy atom. The fraction of sp³-hybridized carbons (Fsp3) is 0.500. The van der Waals surface area contributed by atoms with Crippen molar-refractivity contribution in [1.82, 2.24) is 15.1 Å². The number of aromatic nitrogens is 2. The van der Waals surface area contributed by atoms with Gasteiger partial charge in [-0.25, -0.2) is 4.68 Å². The first-order chi connectivity index (χ1) is 9.93. The minimum Gasteiger partial charge on any atom is -0.319 e. The van der Waals surface area contributed by atoms with Crippen molar-refractivity contribution < 1.29 is 0 Å². The number of hydrogen-bond donors (Lipinski definition) is 1. The molecule has 114 valence electrons. The van der Waals surface area contributed by atoms with Crippen molar-refractivity contribution >= 4 is 0 Å². The third-order valence-electron chi connectivity index (χ3n) is 4.14. The predicted molar refractivity (Wildman–Crippen MR) is 89.3 cm³/mol. The van der Waals surface area contributed by atoms with Crippen molar-refractivity contribution in [2.75, 3.05) is 13.6 Å². The topological polar surface area (TPSA) is 29.9 Å². The highest BCUT2D eigenvalue weighted by molar-refractivity contribution is 5.45. The van der Waals surface area contributed by atoms with Gasteiger partial charge >= 0.3 is 0 Å². The van der Waals surface area contributed by atoms with Crippen molar-refractivity contribution in [3.63, 3.8) is 0 Å². The van der Waals surface area contributed by atoms with Gasteiger partial charge in [0.1, 0.15) is 0 Å². The Morgan fingerprint density at radius 3 is 2.57 bits per heavy atom. The lowest BCUT2D eigenvalue weighted by molar-refractivity contribution is 0.539. The zero-order chi connectivity index (χ0) is 15.6. The van der Waals surface area contributed by atoms with E-state index in [4.69, 9.17) is 5.10 Å². The summed E-state index contributed by atoms with van der Waals surface area (Å²) < 4.78 is 2.11. The van der Waals surface area contributed by atoms with Crippen molar-refractivity contribution in [2.24, 2.45) is 5.92 Å². The third kappa shape index (κ3) is 3.35. The van der Waals surface area contributed by atoms with Crippen LogP contribution >= 0.6 is 0 Å². The van der Waals surface area contributed by atoms with E-state index in [1.165, 1.54) is 28.1 Å². The fourth-order valence-electron chi connectivity index (χ4n) is 2.92. The monoisotopic (exact) mass is 285 g/mol. The van der Waals surface area contributed by atoms with E-state index in [1.54, 1.807) is 0 Å². The molecular weight excluding hydrogens is 258 g/mol. The molecule has 2 rings (SSSR count). The standard InChI is InChI=1S/C18H27N3/c1-12-7-8-14(3)18(10-12)21-16(5)17(15(4)20-21)9-13(2)11-19-6/h7-8,10,13,19H,9,11H2,1-6H3. The minimum absolute atomic E-state index is 0.614. The Labute approximate surface area is 128 Å². The summed E-state index contributed by atoms with van der Waals surface area (Å²) in [6, 6.07) is 6.54. The second kappa shape index (κ2) is 6.44. The summed E-state index contributed by atoms with van der Waals surface area (Å²) >= 11 is 0. The van der Waals surface area contributed by atoms with E-state index in [0.29, 0.717) is 5.92 Å². The average molecular weight is 285 g/mol. The summed E-state index contributed by atoms with van der Waals surface area (Å²) in [4.78, 5) is 0. The lowest BCUT2D eigenvalue weighted by Gasteiger charge is -2.12. The largest absolute Gasteiger partial charge is 0.319 e. The van der Waals surface area contributed by atoms with Crippen LogP contribution in [-0.2, 0) is 6.42 Å². The second-order valence-electron chi connectivity index (χ2n) is 6.22. The summed E-state index contributed by atoms with van der Waals surface area (Å²) in [6.07, 6.45) is 1.07. The van der Waals surface area contributed by atoms with E-state index in [9.17, 15) is 0 Å². The molecule has 0 saturated carbocycles. The smallest absolute Gasteiger partial charge is 0.0680 e. The van der Waals surface area contributed by atoms with Gasteiger partial charge in [0.05, 0.1) is 11.4 Å². The molecule has 0 fully saturated rings. The number of hydrogen-bond acceptors (Lipinski definition) is 2. The second-order valence-corrected chi connectivity index (χ2v) is 6.22. The molecule has 0 radical (unpaired) electrons. The molecule has 3 heteroatoms. The van der Waals surface area contributed by atoms with Crippen molar-refractivity contribution in [1.29, 1.82) is 0 Å². The molecule has 2 aromatic rings. The first kappa shape index (κ1) is 15.8. The van der Waals surface area contributed by atoms with E-state index in [1.807, 2.05) is 7.05 Å². The van der Waals surface area contributed by atoms with Gasteiger partial charge in [0.15, 0.2) is 0 Å². The van der Waals surface area contributed by atoms with Gasteiger partial charge in [-0.15, -0.1) is 0 Å². The highest BCUT2D eigenvalue weighted by atomic mass is 15.3. The zero-order valence-electron chi connectivity index (χ0n) is 14.1. The molecule has 21 heavy (non-hydrogen) atoms. The van der Waals surface area contributed by atoms with Gasteiger partial charge in [-0.1, -0.05) is 19.1 Å². The number of nitrogens with zero attached hydrogens (tertiary/aromatic N) is 2. The molecule has 0 amide bonds. The normalized spacial score (nSPS) is 12.7. The summed E-state index contributed by atoms with van der Waals surface area (Å²) in [5.41, 5.74) is 7.54. The highest BCUT2D eigenvalue weighted by Crippen LogP contribution is 2.23. The Hall–Kier alpha value is -1.61. The van der Waals surface area contributed by atoms with Crippen LogP contribution in [0.15, 0.2) is 18.2 Å². The Kier molecular flexibility index (Phi) is 4.84. The minimum atomic E-state index is 0.614. The molecule has 3 nitrogen and oxygen atoms in total. The maximum Gasteiger partial charge on any atom is 0.0680 e. The van der Waals surface area contributed by atoms with Gasteiger partial charge in [-0.3, -0.25) is 0 Å². The van der Waals surface area contributed by atoms with Crippen LogP contribution in [-0.4, -0.2) is 23.4 Å². The van der Waals surface area contributed by atoms with Crippen molar-refractivity contribution in [3.05, 3.63) is 46.3 Å². The molecule has 0 aliphatic rings. The van der Waals surface area contributed by atoms with Crippen LogP contribution in [0.1, 0.15) is 35.0 Å².